The minimum Gasteiger partial charge on any atom is -0.370 e. The largest absolute Gasteiger partial charge is 0.370 e. The topological polar surface area (TPSA) is 62.8 Å². The first-order chi connectivity index (χ1) is 10.1. The lowest BCUT2D eigenvalue weighted by atomic mass is 9.89. The number of guanidine groups is 1. The van der Waals surface area contributed by atoms with Gasteiger partial charge in [0, 0.05) is 6.42 Å². The van der Waals surface area contributed by atoms with Gasteiger partial charge in [0.2, 0.25) is 0 Å². The molecule has 3 rings (SSSR count). The molecule has 1 fully saturated rings. The molecule has 0 bridgehead atoms. The van der Waals surface area contributed by atoms with Crippen molar-refractivity contribution in [2.24, 2.45) is 15.7 Å². The predicted molar refractivity (Wildman–Crippen MR) is 78.1 cm³/mol. The van der Waals surface area contributed by atoms with E-state index in [-0.39, 0.29) is 0 Å². The van der Waals surface area contributed by atoms with Gasteiger partial charge in [-0.25, -0.2) is 18.8 Å². The normalized spacial score (nSPS) is 20.7. The Bertz CT molecular complexity index is 604. The number of hydrogen-bond donors (Lipinski definition) is 2. The standard InChI is InChI=1S/C15H18F2N4/c16-11-5-4-10(8-12(11)17)9-13-19-14(18)21-15(20-13)6-2-1-3-7-15/h4-5,8H,1-3,6-7,9H2,(H3,18,19,20,21). The summed E-state index contributed by atoms with van der Waals surface area (Å²) in [6, 6.07) is 3.87. The lowest BCUT2D eigenvalue weighted by Gasteiger charge is -2.34. The smallest absolute Gasteiger partial charge is 0.196 e. The Hall–Kier alpha value is -1.98. The molecule has 1 aliphatic heterocycles. The van der Waals surface area contributed by atoms with E-state index in [1.807, 2.05) is 0 Å². The molecular formula is C15H18F2N4. The Kier molecular flexibility index (Phi) is 3.61. The van der Waals surface area contributed by atoms with Crippen molar-refractivity contribution in [1.29, 1.82) is 0 Å². The zero-order valence-corrected chi connectivity index (χ0v) is 11.7. The van der Waals surface area contributed by atoms with Gasteiger partial charge in [-0.2, -0.15) is 0 Å². The van der Waals surface area contributed by atoms with Crippen molar-refractivity contribution < 1.29 is 8.78 Å². The van der Waals surface area contributed by atoms with Crippen LogP contribution in [0.4, 0.5) is 8.78 Å². The average Bonchev–Trinajstić information content (AvgIpc) is 2.43. The third-order valence-corrected chi connectivity index (χ3v) is 3.95. The van der Waals surface area contributed by atoms with Crippen LogP contribution in [0.25, 0.3) is 0 Å². The van der Waals surface area contributed by atoms with Gasteiger partial charge in [0.25, 0.3) is 0 Å². The number of rotatable bonds is 2. The van der Waals surface area contributed by atoms with Gasteiger partial charge < -0.3 is 11.1 Å². The number of aliphatic imine (C=N–C) groups is 2. The van der Waals surface area contributed by atoms with Crippen LogP contribution in [0.1, 0.15) is 37.7 Å². The molecule has 0 unspecified atom stereocenters. The van der Waals surface area contributed by atoms with E-state index in [1.54, 1.807) is 6.07 Å². The first-order valence-corrected chi connectivity index (χ1v) is 7.21. The summed E-state index contributed by atoms with van der Waals surface area (Å²) in [7, 11) is 0. The lowest BCUT2D eigenvalue weighted by Crippen LogP contribution is -2.47. The second-order valence-electron chi connectivity index (χ2n) is 5.65. The van der Waals surface area contributed by atoms with E-state index in [4.69, 9.17) is 10.7 Å². The summed E-state index contributed by atoms with van der Waals surface area (Å²) < 4.78 is 26.2. The van der Waals surface area contributed by atoms with Crippen LogP contribution in [-0.4, -0.2) is 17.5 Å². The summed E-state index contributed by atoms with van der Waals surface area (Å²) in [5.74, 6) is -0.681. The highest BCUT2D eigenvalue weighted by Crippen LogP contribution is 2.34. The second-order valence-corrected chi connectivity index (χ2v) is 5.65. The Morgan fingerprint density at radius 1 is 1.10 bits per heavy atom. The number of nitrogens with one attached hydrogen (secondary N) is 1. The molecule has 0 amide bonds. The SMILES string of the molecule is NC1=NC2(CCCCC2)N=C(Cc2ccc(F)c(F)c2)N1. The molecule has 1 aliphatic carbocycles. The number of amidine groups is 1. The highest BCUT2D eigenvalue weighted by molar-refractivity contribution is 6.01. The van der Waals surface area contributed by atoms with Gasteiger partial charge in [0.05, 0.1) is 0 Å². The van der Waals surface area contributed by atoms with Crippen molar-refractivity contribution in [3.05, 3.63) is 35.4 Å². The van der Waals surface area contributed by atoms with Crippen LogP contribution in [0.5, 0.6) is 0 Å². The van der Waals surface area contributed by atoms with Crippen molar-refractivity contribution >= 4 is 11.8 Å². The van der Waals surface area contributed by atoms with Crippen LogP contribution in [-0.2, 0) is 6.42 Å². The molecule has 1 saturated carbocycles. The van der Waals surface area contributed by atoms with Gasteiger partial charge in [-0.3, -0.25) is 0 Å². The third-order valence-electron chi connectivity index (χ3n) is 3.95. The number of nitrogens with two attached hydrogens (primary N) is 1. The van der Waals surface area contributed by atoms with Crippen LogP contribution in [0.15, 0.2) is 28.2 Å². The van der Waals surface area contributed by atoms with Gasteiger partial charge in [0.15, 0.2) is 23.3 Å². The third kappa shape index (κ3) is 3.04. The Morgan fingerprint density at radius 3 is 2.57 bits per heavy atom. The summed E-state index contributed by atoms with van der Waals surface area (Å²) >= 11 is 0. The van der Waals surface area contributed by atoms with Gasteiger partial charge in [-0.05, 0) is 43.4 Å². The van der Waals surface area contributed by atoms with Gasteiger partial charge in [-0.1, -0.05) is 12.5 Å². The number of halogens is 2. The molecule has 112 valence electrons. The molecule has 0 saturated heterocycles. The highest BCUT2D eigenvalue weighted by Gasteiger charge is 2.34. The van der Waals surface area contributed by atoms with Crippen molar-refractivity contribution in [1.82, 2.24) is 5.32 Å². The van der Waals surface area contributed by atoms with E-state index in [2.05, 4.69) is 10.3 Å². The van der Waals surface area contributed by atoms with Crippen LogP contribution >= 0.6 is 0 Å². The summed E-state index contributed by atoms with van der Waals surface area (Å²) in [5, 5.41) is 2.93. The van der Waals surface area contributed by atoms with Gasteiger partial charge in [-0.15, -0.1) is 0 Å². The number of benzene rings is 1. The molecule has 0 aromatic heterocycles. The molecule has 1 spiro atoms. The lowest BCUT2D eigenvalue weighted by molar-refractivity contribution is 0.306. The first kappa shape index (κ1) is 14.0. The van der Waals surface area contributed by atoms with Crippen LogP contribution in [0, 0.1) is 11.6 Å². The Balaban J connectivity index is 1.82. The fourth-order valence-corrected chi connectivity index (χ4v) is 2.97. The molecule has 3 N–H and O–H groups in total. The maximum Gasteiger partial charge on any atom is 0.196 e. The molecule has 21 heavy (non-hydrogen) atoms. The summed E-state index contributed by atoms with van der Waals surface area (Å²) in [6.45, 7) is 0. The molecule has 6 heteroatoms. The van der Waals surface area contributed by atoms with Crippen molar-refractivity contribution in [3.63, 3.8) is 0 Å². The molecule has 2 aliphatic rings. The molecule has 0 atom stereocenters. The van der Waals surface area contributed by atoms with Crippen LogP contribution < -0.4 is 11.1 Å². The van der Waals surface area contributed by atoms with E-state index >= 15 is 0 Å². The minimum absolute atomic E-state index is 0.351. The summed E-state index contributed by atoms with van der Waals surface area (Å²) in [5.41, 5.74) is 6.06. The second kappa shape index (κ2) is 5.42. The highest BCUT2D eigenvalue weighted by atomic mass is 19.2. The monoisotopic (exact) mass is 292 g/mol. The Morgan fingerprint density at radius 2 is 1.86 bits per heavy atom. The zero-order chi connectivity index (χ0) is 14.9. The zero-order valence-electron chi connectivity index (χ0n) is 11.7. The molecule has 1 aromatic rings. The quantitative estimate of drug-likeness (QED) is 0.879. The maximum absolute atomic E-state index is 13.3. The van der Waals surface area contributed by atoms with E-state index in [0.29, 0.717) is 23.8 Å². The Labute approximate surface area is 122 Å². The fourth-order valence-electron chi connectivity index (χ4n) is 2.97. The number of hydrogen-bond acceptors (Lipinski definition) is 4. The molecular weight excluding hydrogens is 274 g/mol. The van der Waals surface area contributed by atoms with Crippen LogP contribution in [0.2, 0.25) is 0 Å². The van der Waals surface area contributed by atoms with Gasteiger partial charge >= 0.3 is 0 Å². The van der Waals surface area contributed by atoms with Crippen molar-refractivity contribution in [3.8, 4) is 0 Å². The fraction of sp³-hybridized carbons (Fsp3) is 0.467. The maximum atomic E-state index is 13.3. The first-order valence-electron chi connectivity index (χ1n) is 7.21. The molecule has 4 nitrogen and oxygen atoms in total. The van der Waals surface area contributed by atoms with E-state index in [9.17, 15) is 8.78 Å². The average molecular weight is 292 g/mol. The number of nitrogens with zero attached hydrogens (tertiary/aromatic N) is 2. The molecule has 1 aromatic carbocycles. The predicted octanol–water partition coefficient (Wildman–Crippen LogP) is 2.48. The van der Waals surface area contributed by atoms with E-state index in [1.165, 1.54) is 12.5 Å². The summed E-state index contributed by atoms with van der Waals surface area (Å²) in [6.07, 6.45) is 5.51. The van der Waals surface area contributed by atoms with Crippen molar-refractivity contribution in [2.75, 3.05) is 0 Å². The van der Waals surface area contributed by atoms with Crippen LogP contribution in [0.3, 0.4) is 0 Å². The minimum atomic E-state index is -0.849. The van der Waals surface area contributed by atoms with E-state index < -0.39 is 17.3 Å². The van der Waals surface area contributed by atoms with Crippen molar-refractivity contribution in [2.45, 2.75) is 44.2 Å². The van der Waals surface area contributed by atoms with E-state index in [0.717, 1.165) is 31.7 Å². The summed E-state index contributed by atoms with van der Waals surface area (Å²) in [4.78, 5) is 9.15. The van der Waals surface area contributed by atoms with Gasteiger partial charge in [0.1, 0.15) is 5.84 Å². The molecule has 0 radical (unpaired) electrons. The molecule has 1 heterocycles.